The second-order valence-corrected chi connectivity index (χ2v) is 3.89. The van der Waals surface area contributed by atoms with E-state index in [1.807, 2.05) is 0 Å². The Balaban J connectivity index is 3.29. The normalized spacial score (nSPS) is 13.5. The van der Waals surface area contributed by atoms with Crippen molar-refractivity contribution in [3.8, 4) is 5.75 Å². The molecule has 1 atom stereocenters. The van der Waals surface area contributed by atoms with Crippen molar-refractivity contribution in [2.75, 3.05) is 20.7 Å². The maximum absolute atomic E-state index is 13.6. The number of nitrogens with one attached hydrogen (secondary N) is 1. The number of methoxy groups -OCH3 is 1. The largest absolute Gasteiger partial charge is 0.496 e. The molecule has 0 bridgehead atoms. The van der Waals surface area contributed by atoms with Gasteiger partial charge in [0.25, 0.3) is 5.92 Å². The van der Waals surface area contributed by atoms with Crippen LogP contribution in [-0.4, -0.2) is 25.8 Å². The average molecular weight is 245 g/mol. The number of rotatable bonds is 5. The van der Waals surface area contributed by atoms with E-state index in [2.05, 4.69) is 5.32 Å². The molecule has 1 aromatic carbocycles. The highest BCUT2D eigenvalue weighted by Gasteiger charge is 2.33. The third kappa shape index (κ3) is 3.14. The molecular weight excluding hydrogens is 228 g/mol. The van der Waals surface area contributed by atoms with Crippen molar-refractivity contribution in [2.24, 2.45) is 0 Å². The Kier molecular flexibility index (Phi) is 4.42. The number of hydrogen-bond donors (Lipinski definition) is 2. The number of ether oxygens (including phenoxy) is 1. The molecule has 1 aromatic rings. The number of aliphatic hydroxyl groups excluding tert-OH is 1. The zero-order chi connectivity index (χ0) is 13.1. The molecule has 1 unspecified atom stereocenters. The summed E-state index contributed by atoms with van der Waals surface area (Å²) >= 11 is 0. The van der Waals surface area contributed by atoms with E-state index in [9.17, 15) is 13.9 Å². The fourth-order valence-corrected chi connectivity index (χ4v) is 1.77. The van der Waals surface area contributed by atoms with Gasteiger partial charge in [-0.3, -0.25) is 0 Å². The van der Waals surface area contributed by atoms with E-state index in [0.717, 1.165) is 6.92 Å². The summed E-state index contributed by atoms with van der Waals surface area (Å²) in [5.74, 6) is -2.97. The predicted molar refractivity (Wildman–Crippen MR) is 61.4 cm³/mol. The van der Waals surface area contributed by atoms with E-state index in [0.29, 0.717) is 0 Å². The molecule has 3 nitrogen and oxygen atoms in total. The van der Waals surface area contributed by atoms with E-state index in [1.165, 1.54) is 19.2 Å². The molecule has 5 heteroatoms. The van der Waals surface area contributed by atoms with Gasteiger partial charge in [-0.15, -0.1) is 0 Å². The fraction of sp³-hybridized carbons (Fsp3) is 0.500. The lowest BCUT2D eigenvalue weighted by Crippen LogP contribution is -2.21. The molecule has 0 saturated heterocycles. The Morgan fingerprint density at radius 3 is 2.59 bits per heavy atom. The molecule has 0 spiro atoms. The topological polar surface area (TPSA) is 41.5 Å². The summed E-state index contributed by atoms with van der Waals surface area (Å²) in [7, 11) is 2.98. The van der Waals surface area contributed by atoms with Crippen LogP contribution in [0.25, 0.3) is 0 Å². The summed E-state index contributed by atoms with van der Waals surface area (Å²) in [5.41, 5.74) is -0.0727. The molecule has 0 radical (unpaired) electrons. The van der Waals surface area contributed by atoms with Gasteiger partial charge in [-0.1, -0.05) is 12.1 Å². The highest BCUT2D eigenvalue weighted by molar-refractivity contribution is 5.44. The second kappa shape index (κ2) is 5.42. The molecule has 0 fully saturated rings. The molecule has 0 amide bonds. The summed E-state index contributed by atoms with van der Waals surface area (Å²) in [6.45, 7) is 0.997. The molecule has 0 saturated carbocycles. The average Bonchev–Trinajstić information content (AvgIpc) is 2.27. The van der Waals surface area contributed by atoms with Crippen molar-refractivity contribution in [3.05, 3.63) is 29.3 Å². The highest BCUT2D eigenvalue weighted by atomic mass is 19.3. The summed E-state index contributed by atoms with van der Waals surface area (Å²) in [4.78, 5) is 0. The van der Waals surface area contributed by atoms with Gasteiger partial charge in [-0.25, -0.2) is 8.78 Å². The quantitative estimate of drug-likeness (QED) is 0.834. The first-order valence-corrected chi connectivity index (χ1v) is 5.29. The monoisotopic (exact) mass is 245 g/mol. The zero-order valence-electron chi connectivity index (χ0n) is 10.1. The molecule has 1 rings (SSSR count). The van der Waals surface area contributed by atoms with Gasteiger partial charge in [-0.05, 0) is 18.7 Å². The van der Waals surface area contributed by atoms with E-state index in [1.54, 1.807) is 13.1 Å². The molecule has 0 heterocycles. The molecule has 0 aromatic heterocycles. The van der Waals surface area contributed by atoms with Crippen LogP contribution in [0, 0.1) is 0 Å². The first-order valence-electron chi connectivity index (χ1n) is 5.29. The van der Waals surface area contributed by atoms with Crippen molar-refractivity contribution in [2.45, 2.75) is 19.0 Å². The van der Waals surface area contributed by atoms with Crippen molar-refractivity contribution in [3.63, 3.8) is 0 Å². The lowest BCUT2D eigenvalue weighted by atomic mass is 9.97. The maximum Gasteiger partial charge on any atom is 0.274 e. The minimum Gasteiger partial charge on any atom is -0.496 e. The van der Waals surface area contributed by atoms with Crippen LogP contribution in [-0.2, 0) is 5.92 Å². The summed E-state index contributed by atoms with van der Waals surface area (Å²) in [6, 6.07) is 4.53. The molecule has 0 aliphatic rings. The first kappa shape index (κ1) is 13.9. The third-order valence-corrected chi connectivity index (χ3v) is 2.47. The number of likely N-dealkylation sites (N-methyl/N-ethyl adjacent to an activating group) is 1. The molecule has 0 aliphatic heterocycles. The van der Waals surface area contributed by atoms with Gasteiger partial charge in [0.15, 0.2) is 0 Å². The van der Waals surface area contributed by atoms with Gasteiger partial charge < -0.3 is 15.2 Å². The van der Waals surface area contributed by atoms with Crippen LogP contribution in [0.1, 0.15) is 24.2 Å². The van der Waals surface area contributed by atoms with Gasteiger partial charge >= 0.3 is 0 Å². The summed E-state index contributed by atoms with van der Waals surface area (Å²) in [6.07, 6.45) is -0.990. The summed E-state index contributed by atoms with van der Waals surface area (Å²) < 4.78 is 32.0. The predicted octanol–water partition coefficient (Wildman–Crippen LogP) is 2.06. The van der Waals surface area contributed by atoms with Crippen LogP contribution >= 0.6 is 0 Å². The van der Waals surface area contributed by atoms with E-state index < -0.39 is 12.0 Å². The van der Waals surface area contributed by atoms with Crippen molar-refractivity contribution >= 4 is 0 Å². The van der Waals surface area contributed by atoms with Gasteiger partial charge in [0.05, 0.1) is 18.8 Å². The Bertz CT molecular complexity index is 377. The molecule has 96 valence electrons. The van der Waals surface area contributed by atoms with Gasteiger partial charge in [0.2, 0.25) is 0 Å². The maximum atomic E-state index is 13.6. The van der Waals surface area contributed by atoms with E-state index in [-0.39, 0.29) is 23.4 Å². The van der Waals surface area contributed by atoms with E-state index >= 15 is 0 Å². The minimum absolute atomic E-state index is 0.0881. The number of hydrogen-bond acceptors (Lipinski definition) is 3. The number of benzene rings is 1. The van der Waals surface area contributed by atoms with Crippen LogP contribution in [0.2, 0.25) is 0 Å². The fourth-order valence-electron chi connectivity index (χ4n) is 1.77. The van der Waals surface area contributed by atoms with Crippen molar-refractivity contribution in [1.29, 1.82) is 0 Å². The van der Waals surface area contributed by atoms with Gasteiger partial charge in [0.1, 0.15) is 5.75 Å². The van der Waals surface area contributed by atoms with Crippen molar-refractivity contribution in [1.82, 2.24) is 5.32 Å². The van der Waals surface area contributed by atoms with Crippen LogP contribution < -0.4 is 10.1 Å². The standard InChI is InChI=1S/C12H17F2NO2/c1-12(13,14)11-8(9(16)7-15-2)5-4-6-10(11)17-3/h4-6,9,15-16H,7H2,1-3H3. The lowest BCUT2D eigenvalue weighted by molar-refractivity contribution is 0.0112. The molecule has 2 N–H and O–H groups in total. The minimum atomic E-state index is -3.06. The first-order chi connectivity index (χ1) is 7.91. The zero-order valence-corrected chi connectivity index (χ0v) is 10.1. The Hall–Kier alpha value is -1.20. The number of halogens is 2. The summed E-state index contributed by atoms with van der Waals surface area (Å²) in [5, 5.41) is 12.6. The Morgan fingerprint density at radius 2 is 2.12 bits per heavy atom. The second-order valence-electron chi connectivity index (χ2n) is 3.89. The van der Waals surface area contributed by atoms with Gasteiger partial charge in [-0.2, -0.15) is 0 Å². The Labute approximate surface area is 99.4 Å². The van der Waals surface area contributed by atoms with Crippen LogP contribution in [0.15, 0.2) is 18.2 Å². The molecular formula is C12H17F2NO2. The number of aliphatic hydroxyl groups is 1. The van der Waals surface area contributed by atoms with Crippen LogP contribution in [0.4, 0.5) is 8.78 Å². The Morgan fingerprint density at radius 1 is 1.47 bits per heavy atom. The van der Waals surface area contributed by atoms with Crippen LogP contribution in [0.3, 0.4) is 0 Å². The van der Waals surface area contributed by atoms with Crippen LogP contribution in [0.5, 0.6) is 5.75 Å². The van der Waals surface area contributed by atoms with Crippen molar-refractivity contribution < 1.29 is 18.6 Å². The SMILES string of the molecule is CNCC(O)c1cccc(OC)c1C(C)(F)F. The molecule has 0 aliphatic carbocycles. The van der Waals surface area contributed by atoms with E-state index in [4.69, 9.17) is 4.74 Å². The highest BCUT2D eigenvalue weighted by Crippen LogP contribution is 2.39. The number of alkyl halides is 2. The lowest BCUT2D eigenvalue weighted by Gasteiger charge is -2.22. The van der Waals surface area contributed by atoms with Gasteiger partial charge in [0, 0.05) is 13.5 Å². The third-order valence-electron chi connectivity index (χ3n) is 2.47. The smallest absolute Gasteiger partial charge is 0.274 e. The molecule has 17 heavy (non-hydrogen) atoms.